The van der Waals surface area contributed by atoms with E-state index in [2.05, 4.69) is 29.2 Å². The van der Waals surface area contributed by atoms with E-state index in [4.69, 9.17) is 4.74 Å². The van der Waals surface area contributed by atoms with Gasteiger partial charge < -0.3 is 4.74 Å². The van der Waals surface area contributed by atoms with E-state index in [0.717, 1.165) is 20.3 Å². The van der Waals surface area contributed by atoms with Gasteiger partial charge in [-0.2, -0.15) is 0 Å². The van der Waals surface area contributed by atoms with Crippen LogP contribution in [0.5, 0.6) is 5.75 Å². The van der Waals surface area contributed by atoms with Crippen LogP contribution in [-0.4, -0.2) is 5.97 Å². The van der Waals surface area contributed by atoms with Crippen LogP contribution in [0.4, 0.5) is 0 Å². The van der Waals surface area contributed by atoms with Crippen molar-refractivity contribution in [3.05, 3.63) is 64.3 Å². The van der Waals surface area contributed by atoms with Gasteiger partial charge in [0.25, 0.3) is 0 Å². The summed E-state index contributed by atoms with van der Waals surface area (Å²) < 4.78 is 6.44. The number of benzene rings is 2. The third-order valence-corrected chi connectivity index (χ3v) is 3.62. The molecule has 0 amide bonds. The molecule has 3 heteroatoms. The van der Waals surface area contributed by atoms with E-state index in [1.54, 1.807) is 0 Å². The summed E-state index contributed by atoms with van der Waals surface area (Å²) in [5.41, 5.74) is 3.00. The Kier molecular flexibility index (Phi) is 4.37. The largest absolute Gasteiger partial charge is 0.423 e. The van der Waals surface area contributed by atoms with E-state index in [1.165, 1.54) is 6.08 Å². The van der Waals surface area contributed by atoms with Crippen molar-refractivity contribution < 1.29 is 9.53 Å². The van der Waals surface area contributed by atoms with E-state index < -0.39 is 5.97 Å². The molecule has 0 aromatic heterocycles. The molecule has 0 saturated heterocycles. The summed E-state index contributed by atoms with van der Waals surface area (Å²) in [7, 11) is 0. The lowest BCUT2D eigenvalue weighted by atomic mass is 10.0. The number of carbonyl (C=O) groups is 1. The van der Waals surface area contributed by atoms with Crippen LogP contribution in [0.3, 0.4) is 0 Å². The van der Waals surface area contributed by atoms with Gasteiger partial charge in [-0.1, -0.05) is 36.9 Å². The first-order valence-corrected chi connectivity index (χ1v) is 6.89. The molecule has 0 aliphatic rings. The van der Waals surface area contributed by atoms with E-state index in [0.29, 0.717) is 5.75 Å². The minimum absolute atomic E-state index is 0.446. The number of ether oxygens (including phenoxy) is 1. The molecule has 0 heterocycles. The lowest BCUT2D eigenvalue weighted by molar-refractivity contribution is -0.128. The van der Waals surface area contributed by atoms with Crippen molar-refractivity contribution in [2.24, 2.45) is 0 Å². The van der Waals surface area contributed by atoms with Crippen molar-refractivity contribution in [2.75, 3.05) is 0 Å². The Balaban J connectivity index is 2.54. The van der Waals surface area contributed by atoms with Gasteiger partial charge in [0.15, 0.2) is 0 Å². The van der Waals surface area contributed by atoms with Gasteiger partial charge in [-0.05, 0) is 52.8 Å². The summed E-state index contributed by atoms with van der Waals surface area (Å²) in [5.74, 6) is 0.117. The van der Waals surface area contributed by atoms with Gasteiger partial charge >= 0.3 is 5.97 Å². The quantitative estimate of drug-likeness (QED) is 0.350. The maximum atomic E-state index is 11.4. The van der Waals surface area contributed by atoms with Crippen molar-refractivity contribution in [1.82, 2.24) is 0 Å². The fourth-order valence-corrected chi connectivity index (χ4v) is 2.44. The molecule has 0 aliphatic heterocycles. The Morgan fingerprint density at radius 2 is 1.95 bits per heavy atom. The second-order valence-electron chi connectivity index (χ2n) is 4.10. The first-order valence-electron chi connectivity index (χ1n) is 5.81. The van der Waals surface area contributed by atoms with Crippen molar-refractivity contribution in [3.63, 3.8) is 0 Å². The minimum atomic E-state index is -0.446. The molecule has 19 heavy (non-hydrogen) atoms. The van der Waals surface area contributed by atoms with Crippen LogP contribution in [0.2, 0.25) is 0 Å². The highest BCUT2D eigenvalue weighted by atomic mass is 127. The lowest BCUT2D eigenvalue weighted by Gasteiger charge is -2.11. The number of aryl methyl sites for hydroxylation is 1. The zero-order valence-electron chi connectivity index (χ0n) is 10.5. The molecule has 0 atom stereocenters. The third-order valence-electron chi connectivity index (χ3n) is 2.68. The van der Waals surface area contributed by atoms with Crippen LogP contribution >= 0.6 is 22.6 Å². The first kappa shape index (κ1) is 13.8. The number of hydrogen-bond donors (Lipinski definition) is 0. The number of carbonyl (C=O) groups excluding carboxylic acids is 1. The van der Waals surface area contributed by atoms with E-state index in [-0.39, 0.29) is 0 Å². The van der Waals surface area contributed by atoms with Gasteiger partial charge in [-0.3, -0.25) is 0 Å². The van der Waals surface area contributed by atoms with Gasteiger partial charge in [0.1, 0.15) is 5.75 Å². The topological polar surface area (TPSA) is 26.3 Å². The summed E-state index contributed by atoms with van der Waals surface area (Å²) in [6.45, 7) is 5.39. The monoisotopic (exact) mass is 364 g/mol. The van der Waals surface area contributed by atoms with Crippen LogP contribution in [0.15, 0.2) is 55.1 Å². The number of hydrogen-bond acceptors (Lipinski definition) is 2. The van der Waals surface area contributed by atoms with E-state index in [1.807, 2.05) is 49.4 Å². The van der Waals surface area contributed by atoms with Crippen LogP contribution in [0.25, 0.3) is 11.1 Å². The summed E-state index contributed by atoms with van der Waals surface area (Å²) in [4.78, 5) is 11.4. The second kappa shape index (κ2) is 6.02. The van der Waals surface area contributed by atoms with Crippen LogP contribution in [-0.2, 0) is 4.79 Å². The number of esters is 1. The highest BCUT2D eigenvalue weighted by Gasteiger charge is 2.11. The maximum absolute atomic E-state index is 11.4. The number of rotatable bonds is 3. The highest BCUT2D eigenvalue weighted by Crippen LogP contribution is 2.33. The molecule has 0 bridgehead atoms. The zero-order valence-corrected chi connectivity index (χ0v) is 12.7. The molecular formula is C16H13IO2. The van der Waals surface area contributed by atoms with Crippen molar-refractivity contribution in [2.45, 2.75) is 6.92 Å². The minimum Gasteiger partial charge on any atom is -0.423 e. The molecule has 0 radical (unpaired) electrons. The first-order chi connectivity index (χ1) is 9.11. The van der Waals surface area contributed by atoms with Crippen molar-refractivity contribution >= 4 is 28.6 Å². The summed E-state index contributed by atoms with van der Waals surface area (Å²) >= 11 is 2.27. The molecule has 0 N–H and O–H groups in total. The third kappa shape index (κ3) is 3.23. The molecule has 2 aromatic rings. The Labute approximate surface area is 126 Å². The summed E-state index contributed by atoms with van der Waals surface area (Å²) in [6, 6.07) is 13.8. The summed E-state index contributed by atoms with van der Waals surface area (Å²) in [6.07, 6.45) is 1.17. The molecule has 0 spiro atoms. The Morgan fingerprint density at radius 3 is 2.63 bits per heavy atom. The smallest absolute Gasteiger partial charge is 0.335 e. The van der Waals surface area contributed by atoms with Crippen molar-refractivity contribution in [3.8, 4) is 16.9 Å². The predicted octanol–water partition coefficient (Wildman–Crippen LogP) is 4.36. The van der Waals surface area contributed by atoms with Crippen molar-refractivity contribution in [1.29, 1.82) is 0 Å². The predicted molar refractivity (Wildman–Crippen MR) is 85.2 cm³/mol. The average Bonchev–Trinajstić information content (AvgIpc) is 2.40. The number of halogens is 1. The van der Waals surface area contributed by atoms with Gasteiger partial charge in [0, 0.05) is 15.2 Å². The normalized spacial score (nSPS) is 10.0. The van der Waals surface area contributed by atoms with Crippen LogP contribution < -0.4 is 4.74 Å². The van der Waals surface area contributed by atoms with Gasteiger partial charge in [0.2, 0.25) is 0 Å². The van der Waals surface area contributed by atoms with Gasteiger partial charge in [-0.25, -0.2) is 4.79 Å². The molecule has 0 unspecified atom stereocenters. The second-order valence-corrected chi connectivity index (χ2v) is 5.27. The maximum Gasteiger partial charge on any atom is 0.335 e. The Morgan fingerprint density at radius 1 is 1.21 bits per heavy atom. The molecule has 0 saturated carbocycles. The van der Waals surface area contributed by atoms with E-state index in [9.17, 15) is 4.79 Å². The molecule has 2 aromatic carbocycles. The molecule has 96 valence electrons. The van der Waals surface area contributed by atoms with Crippen LogP contribution in [0.1, 0.15) is 5.56 Å². The lowest BCUT2D eigenvalue weighted by Crippen LogP contribution is -2.04. The molecule has 2 nitrogen and oxygen atoms in total. The molecule has 0 fully saturated rings. The van der Waals surface area contributed by atoms with Gasteiger partial charge in [0.05, 0.1) is 0 Å². The Bertz CT molecular complexity index is 632. The van der Waals surface area contributed by atoms with E-state index >= 15 is 0 Å². The molecule has 2 rings (SSSR count). The average molecular weight is 364 g/mol. The molecule has 0 aliphatic carbocycles. The van der Waals surface area contributed by atoms with Crippen LogP contribution in [0, 0.1) is 10.5 Å². The SMILES string of the molecule is C=CC(=O)Oc1cc(C)ccc1-c1ccccc1I. The zero-order chi connectivity index (χ0) is 13.8. The fourth-order valence-electron chi connectivity index (χ4n) is 1.77. The standard InChI is InChI=1S/C16H13IO2/c1-3-16(18)19-15-10-11(2)8-9-13(15)12-6-4-5-7-14(12)17/h3-10H,1H2,2H3. The Hall–Kier alpha value is -1.62. The summed E-state index contributed by atoms with van der Waals surface area (Å²) in [5, 5.41) is 0. The molecular weight excluding hydrogens is 351 g/mol. The fraction of sp³-hybridized carbons (Fsp3) is 0.0625. The van der Waals surface area contributed by atoms with Gasteiger partial charge in [-0.15, -0.1) is 0 Å². The highest BCUT2D eigenvalue weighted by molar-refractivity contribution is 14.1.